The maximum absolute atomic E-state index is 14.6. The van der Waals surface area contributed by atoms with Crippen molar-refractivity contribution >= 4 is 55.1 Å². The topological polar surface area (TPSA) is 40.6 Å². The normalized spacial score (nSPS) is 14.3. The van der Waals surface area contributed by atoms with Crippen LogP contribution in [0.5, 0.6) is 0 Å². The lowest BCUT2D eigenvalue weighted by Crippen LogP contribution is -2.31. The Hall–Kier alpha value is -2.18. The summed E-state index contributed by atoms with van der Waals surface area (Å²) >= 11 is 7.19. The lowest BCUT2D eigenvalue weighted by Gasteiger charge is -2.25. The molecule has 2 aliphatic heterocycles. The van der Waals surface area contributed by atoms with Crippen LogP contribution < -0.4 is 0 Å². The second kappa shape index (κ2) is 27.5. The van der Waals surface area contributed by atoms with Gasteiger partial charge in [-0.25, -0.2) is 0 Å². The van der Waals surface area contributed by atoms with E-state index in [1.54, 1.807) is 0 Å². The van der Waals surface area contributed by atoms with E-state index in [1.165, 1.54) is 154 Å². The molecular weight excluding hydrogens is 820 g/mol. The van der Waals surface area contributed by atoms with Crippen LogP contribution in [-0.4, -0.2) is 34.7 Å². The summed E-state index contributed by atoms with van der Waals surface area (Å²) in [6, 6.07) is 16.2. The van der Waals surface area contributed by atoms with Crippen molar-refractivity contribution < 1.29 is 9.59 Å². The number of carbonyl (C=O) groups is 2. The number of hydrogen-bond acceptors (Lipinski definition) is 2. The van der Waals surface area contributed by atoms with Gasteiger partial charge in [-0.2, -0.15) is 0 Å². The van der Waals surface area contributed by atoms with Crippen LogP contribution in [0, 0.1) is 0 Å². The maximum atomic E-state index is 14.6. The summed E-state index contributed by atoms with van der Waals surface area (Å²) in [5.74, 6) is -0.0512. The molecule has 4 nitrogen and oxygen atoms in total. The fourth-order valence-electron chi connectivity index (χ4n) is 8.57. The van der Waals surface area contributed by atoms with E-state index in [-0.39, 0.29) is 11.8 Å². The number of hydrogen-bond donors (Lipinski definition) is 0. The van der Waals surface area contributed by atoms with Crippen LogP contribution in [0.2, 0.25) is 0 Å². The van der Waals surface area contributed by atoms with E-state index in [9.17, 15) is 9.59 Å². The third-order valence-corrected chi connectivity index (χ3v) is 12.9. The number of benzene rings is 2. The molecule has 2 aromatic rings. The molecule has 310 valence electrons. The molecule has 2 amide bonds. The molecule has 0 saturated heterocycles. The molecule has 0 fully saturated rings. The third-order valence-electron chi connectivity index (χ3n) is 11.9. The number of amides is 2. The molecule has 2 aliphatic rings. The minimum absolute atomic E-state index is 0.0256. The van der Waals surface area contributed by atoms with E-state index in [0.717, 1.165) is 57.1 Å². The highest BCUT2D eigenvalue weighted by Crippen LogP contribution is 2.47. The van der Waals surface area contributed by atoms with Gasteiger partial charge in [-0.1, -0.05) is 237 Å². The van der Waals surface area contributed by atoms with Crippen LogP contribution >= 0.6 is 31.9 Å². The molecular formula is C50H74Br2N2O2. The van der Waals surface area contributed by atoms with Gasteiger partial charge in [0.2, 0.25) is 0 Å². The lowest BCUT2D eigenvalue weighted by molar-refractivity contribution is -0.124. The zero-order valence-corrected chi connectivity index (χ0v) is 38.5. The average molecular weight is 895 g/mol. The van der Waals surface area contributed by atoms with Crippen LogP contribution in [0.25, 0.3) is 11.4 Å². The minimum atomic E-state index is -0.0256. The fourth-order valence-corrected chi connectivity index (χ4v) is 9.10. The van der Waals surface area contributed by atoms with Gasteiger partial charge in [0.25, 0.3) is 11.8 Å². The molecule has 0 aliphatic carbocycles. The molecule has 56 heavy (non-hydrogen) atoms. The zero-order valence-electron chi connectivity index (χ0n) is 35.3. The first-order valence-electron chi connectivity index (χ1n) is 23.1. The second-order valence-corrected chi connectivity index (χ2v) is 18.4. The zero-order chi connectivity index (χ0) is 39.8. The van der Waals surface area contributed by atoms with Gasteiger partial charge in [0.15, 0.2) is 0 Å². The number of halogens is 2. The molecule has 0 aromatic heterocycles. The molecule has 0 spiro atoms. The van der Waals surface area contributed by atoms with Gasteiger partial charge < -0.3 is 9.80 Å². The molecule has 2 heterocycles. The van der Waals surface area contributed by atoms with Crippen molar-refractivity contribution in [1.29, 1.82) is 0 Å². The Morgan fingerprint density at radius 3 is 0.839 bits per heavy atom. The molecule has 6 heteroatoms. The Morgan fingerprint density at radius 2 is 0.589 bits per heavy atom. The quantitative estimate of drug-likeness (QED) is 0.0687. The van der Waals surface area contributed by atoms with Gasteiger partial charge in [-0.3, -0.25) is 9.59 Å². The van der Waals surface area contributed by atoms with Gasteiger partial charge in [-0.15, -0.1) is 0 Å². The lowest BCUT2D eigenvalue weighted by atomic mass is 10.0. The maximum Gasteiger partial charge on any atom is 0.261 e. The van der Waals surface area contributed by atoms with Crippen LogP contribution in [0.1, 0.15) is 205 Å². The first kappa shape index (κ1) is 46.5. The van der Waals surface area contributed by atoms with E-state index < -0.39 is 0 Å². The molecule has 2 aromatic carbocycles. The summed E-state index contributed by atoms with van der Waals surface area (Å²) in [5, 5.41) is 0. The van der Waals surface area contributed by atoms with Crippen LogP contribution in [0.15, 0.2) is 68.6 Å². The van der Waals surface area contributed by atoms with E-state index >= 15 is 0 Å². The fraction of sp³-hybridized carbons (Fsp3) is 0.640. The first-order valence-corrected chi connectivity index (χ1v) is 24.7. The molecule has 0 saturated carbocycles. The smallest absolute Gasteiger partial charge is 0.261 e. The standard InChI is InChI=1S/C50H74Br2N2O2/c1-3-5-7-9-11-13-15-17-19-21-23-25-27-29-39-53-47(41-31-35-43(51)36-32-41)45-46(49(53)55)48(42-33-37-44(52)38-34-42)54(50(45)56)40-30-28-26-24-22-20-18-16-14-12-10-8-6-4-2/h31-38H,3-30,39-40H2,1-2H3. The van der Waals surface area contributed by atoms with E-state index in [2.05, 4.69) is 45.7 Å². The van der Waals surface area contributed by atoms with Crippen molar-refractivity contribution in [3.63, 3.8) is 0 Å². The monoisotopic (exact) mass is 892 g/mol. The van der Waals surface area contributed by atoms with Crippen molar-refractivity contribution in [2.75, 3.05) is 13.1 Å². The number of unbranched alkanes of at least 4 members (excludes halogenated alkanes) is 26. The Labute approximate surface area is 359 Å². The summed E-state index contributed by atoms with van der Waals surface area (Å²) in [7, 11) is 0. The second-order valence-electron chi connectivity index (χ2n) is 16.6. The minimum Gasteiger partial charge on any atom is -0.307 e. The third kappa shape index (κ3) is 15.2. The van der Waals surface area contributed by atoms with Crippen LogP contribution in [0.3, 0.4) is 0 Å². The Balaban J connectivity index is 1.33. The molecule has 0 bridgehead atoms. The van der Waals surface area contributed by atoms with Crippen molar-refractivity contribution in [2.24, 2.45) is 0 Å². The van der Waals surface area contributed by atoms with E-state index in [1.807, 2.05) is 58.3 Å². The number of nitrogens with zero attached hydrogens (tertiary/aromatic N) is 2. The van der Waals surface area contributed by atoms with Gasteiger partial charge in [0.1, 0.15) is 0 Å². The largest absolute Gasteiger partial charge is 0.307 e. The van der Waals surface area contributed by atoms with Gasteiger partial charge in [0.05, 0.1) is 22.5 Å². The summed E-state index contributed by atoms with van der Waals surface area (Å²) < 4.78 is 1.97. The first-order chi connectivity index (χ1) is 27.5. The van der Waals surface area contributed by atoms with Gasteiger partial charge in [-0.05, 0) is 48.2 Å². The predicted octanol–water partition coefficient (Wildman–Crippen LogP) is 16.0. The molecule has 0 radical (unpaired) electrons. The Morgan fingerprint density at radius 1 is 0.357 bits per heavy atom. The molecule has 0 atom stereocenters. The average Bonchev–Trinajstić information content (AvgIpc) is 3.65. The summed E-state index contributed by atoms with van der Waals surface area (Å²) in [6.07, 6.45) is 36.4. The highest BCUT2D eigenvalue weighted by molar-refractivity contribution is 9.10. The Bertz CT molecular complexity index is 1380. The molecule has 4 rings (SSSR count). The van der Waals surface area contributed by atoms with Crippen molar-refractivity contribution in [1.82, 2.24) is 9.80 Å². The van der Waals surface area contributed by atoms with Crippen molar-refractivity contribution in [3.05, 3.63) is 79.7 Å². The number of fused-ring (bicyclic) bond motifs is 1. The number of carbonyl (C=O) groups excluding carboxylic acids is 2. The highest BCUT2D eigenvalue weighted by atomic mass is 79.9. The SMILES string of the molecule is CCCCCCCCCCCCCCCCN1C(=O)C2=C(c3ccc(Br)cc3)N(CCCCCCCCCCCCCCCC)C(=O)C2=C1c1ccc(Br)cc1. The van der Waals surface area contributed by atoms with Crippen LogP contribution in [0.4, 0.5) is 0 Å². The van der Waals surface area contributed by atoms with Gasteiger partial charge >= 0.3 is 0 Å². The summed E-state index contributed by atoms with van der Waals surface area (Å²) in [4.78, 5) is 33.0. The van der Waals surface area contributed by atoms with Crippen molar-refractivity contribution in [2.45, 2.75) is 194 Å². The molecule has 0 unspecified atom stereocenters. The summed E-state index contributed by atoms with van der Waals surface area (Å²) in [5.41, 5.74) is 4.61. The number of rotatable bonds is 32. The summed E-state index contributed by atoms with van der Waals surface area (Å²) in [6.45, 7) is 5.83. The Kier molecular flexibility index (Phi) is 22.8. The van der Waals surface area contributed by atoms with Crippen LogP contribution in [-0.2, 0) is 9.59 Å². The van der Waals surface area contributed by atoms with Gasteiger partial charge in [0, 0.05) is 22.0 Å². The van der Waals surface area contributed by atoms with E-state index in [0.29, 0.717) is 24.2 Å². The molecule has 0 N–H and O–H groups in total. The van der Waals surface area contributed by atoms with Crippen molar-refractivity contribution in [3.8, 4) is 0 Å². The predicted molar refractivity (Wildman–Crippen MR) is 246 cm³/mol. The van der Waals surface area contributed by atoms with E-state index in [4.69, 9.17) is 0 Å². The highest BCUT2D eigenvalue weighted by Gasteiger charge is 2.48.